The molecule has 1 unspecified atom stereocenters. The highest BCUT2D eigenvalue weighted by Gasteiger charge is 2.31. The van der Waals surface area contributed by atoms with E-state index in [1.54, 1.807) is 6.92 Å². The largest absolute Gasteiger partial charge is 0.508 e. The van der Waals surface area contributed by atoms with E-state index in [0.717, 1.165) is 6.08 Å². The number of aliphatic hydroxyl groups excluding tert-OH is 1. The van der Waals surface area contributed by atoms with Crippen molar-refractivity contribution in [3.63, 3.8) is 0 Å². The molecule has 0 radical (unpaired) electrons. The van der Waals surface area contributed by atoms with Crippen molar-refractivity contribution in [2.75, 3.05) is 0 Å². The minimum Gasteiger partial charge on any atom is -0.508 e. The number of Topliss-reactive ketones (excluding diaryl/α,β-unsaturated/α-hetero) is 1. The number of ketones is 2. The maximum Gasteiger partial charge on any atom is 0.427 e. The minimum absolute atomic E-state index is 0.0208. The number of rotatable bonds is 5. The summed E-state index contributed by atoms with van der Waals surface area (Å²) in [6.45, 7) is 1.54. The molecule has 0 heterocycles. The molecule has 1 atom stereocenters. The summed E-state index contributed by atoms with van der Waals surface area (Å²) in [5, 5.41) is 21.1. The van der Waals surface area contributed by atoms with Crippen LogP contribution in [0, 0.1) is 0 Å². The van der Waals surface area contributed by atoms with Gasteiger partial charge in [0, 0.05) is 17.7 Å². The molecule has 0 spiro atoms. The number of aromatic hydroxyl groups is 1. The lowest BCUT2D eigenvalue weighted by atomic mass is 9.87. The molecule has 1 aliphatic carbocycles. The number of allylic oxidation sites excluding steroid dienone is 3. The van der Waals surface area contributed by atoms with E-state index in [1.165, 1.54) is 24.3 Å². The van der Waals surface area contributed by atoms with Crippen molar-refractivity contribution >= 4 is 19.3 Å². The van der Waals surface area contributed by atoms with Gasteiger partial charge in [0.2, 0.25) is 0 Å². The van der Waals surface area contributed by atoms with Gasteiger partial charge in [-0.15, -0.1) is 0 Å². The first-order valence-corrected chi connectivity index (χ1v) is 8.53. The first kappa shape index (κ1) is 17.9. The zero-order valence-electron chi connectivity index (χ0n) is 12.6. The van der Waals surface area contributed by atoms with Gasteiger partial charge in [-0.05, 0) is 17.7 Å². The van der Waals surface area contributed by atoms with Crippen molar-refractivity contribution in [2.24, 2.45) is 0 Å². The zero-order valence-corrected chi connectivity index (χ0v) is 13.5. The maximum absolute atomic E-state index is 12.7. The van der Waals surface area contributed by atoms with Crippen LogP contribution in [0.15, 0.2) is 47.4 Å². The molecule has 0 aliphatic heterocycles. The predicted octanol–water partition coefficient (Wildman–Crippen LogP) is 1.42. The molecular weight excluding hydrogens is 337 g/mol. The van der Waals surface area contributed by atoms with Crippen LogP contribution in [0.3, 0.4) is 0 Å². The van der Waals surface area contributed by atoms with Crippen LogP contribution in [0.5, 0.6) is 5.75 Å². The summed E-state index contributed by atoms with van der Waals surface area (Å²) in [5.41, 5.74) is -0.118. The molecule has 0 bridgehead atoms. The van der Waals surface area contributed by atoms with Crippen LogP contribution in [-0.2, 0) is 14.2 Å². The molecule has 2 rings (SSSR count). The van der Waals surface area contributed by atoms with Crippen LogP contribution in [0.25, 0.3) is 0 Å². The number of hydrogen-bond donors (Lipinski definition) is 5. The summed E-state index contributed by atoms with van der Waals surface area (Å²) in [5.74, 6) is -2.58. The first-order valence-electron chi connectivity index (χ1n) is 6.92. The average molecular weight is 353 g/mol. The van der Waals surface area contributed by atoms with Crippen LogP contribution in [0.2, 0.25) is 0 Å². The Morgan fingerprint density at radius 2 is 1.79 bits per heavy atom. The van der Waals surface area contributed by atoms with Crippen LogP contribution in [0.4, 0.5) is 0 Å². The SMILES string of the molecule is CC(C(=O)C1=C(NP(=O)(O)O)CC(=O)C=C1O)c1ccc(O)cc1. The van der Waals surface area contributed by atoms with Gasteiger partial charge in [-0.2, -0.15) is 0 Å². The van der Waals surface area contributed by atoms with E-state index in [0.29, 0.717) is 5.56 Å². The predicted molar refractivity (Wildman–Crippen MR) is 84.1 cm³/mol. The number of nitrogens with one attached hydrogen (secondary N) is 1. The molecule has 8 nitrogen and oxygen atoms in total. The third-order valence-corrected chi connectivity index (χ3v) is 4.08. The van der Waals surface area contributed by atoms with Crippen molar-refractivity contribution in [1.82, 2.24) is 5.09 Å². The Bertz CT molecular complexity index is 789. The monoisotopic (exact) mass is 353 g/mol. The van der Waals surface area contributed by atoms with Gasteiger partial charge in [-0.25, -0.2) is 4.57 Å². The van der Waals surface area contributed by atoms with Gasteiger partial charge in [0.1, 0.15) is 11.5 Å². The highest BCUT2D eigenvalue weighted by Crippen LogP contribution is 2.36. The number of carbonyl (C=O) groups excluding carboxylic acids is 2. The Morgan fingerprint density at radius 1 is 1.21 bits per heavy atom. The molecule has 0 saturated carbocycles. The summed E-state index contributed by atoms with van der Waals surface area (Å²) < 4.78 is 11.2. The molecule has 24 heavy (non-hydrogen) atoms. The summed E-state index contributed by atoms with van der Waals surface area (Å²) in [7, 11) is -4.76. The second-order valence-electron chi connectivity index (χ2n) is 5.36. The standard InChI is InChI=1S/C15H16NO7P/c1-8(9-2-4-10(17)5-3-9)15(20)14-12(16-24(21,22)23)6-11(18)7-13(14)19/h2-5,7-8,17,19H,6H2,1H3,(H3,16,21,22,23). The van der Waals surface area contributed by atoms with Crippen LogP contribution in [-0.4, -0.2) is 31.6 Å². The molecule has 0 amide bonds. The molecule has 1 aromatic rings. The fourth-order valence-electron chi connectivity index (χ4n) is 2.37. The second kappa shape index (κ2) is 6.60. The number of carbonyl (C=O) groups is 2. The van der Waals surface area contributed by atoms with Crippen LogP contribution >= 0.6 is 7.75 Å². The Labute approximate surface area is 137 Å². The first-order chi connectivity index (χ1) is 11.1. The summed E-state index contributed by atoms with van der Waals surface area (Å²) in [6, 6.07) is 5.82. The van der Waals surface area contributed by atoms with E-state index in [2.05, 4.69) is 0 Å². The number of phenols is 1. The molecule has 128 valence electrons. The Morgan fingerprint density at radius 3 is 2.33 bits per heavy atom. The molecule has 1 aliphatic rings. The lowest BCUT2D eigenvalue weighted by Gasteiger charge is -2.21. The fraction of sp³-hybridized carbons (Fsp3) is 0.200. The van der Waals surface area contributed by atoms with E-state index in [4.69, 9.17) is 9.79 Å². The lowest BCUT2D eigenvalue weighted by Crippen LogP contribution is -2.25. The summed E-state index contributed by atoms with van der Waals surface area (Å²) in [4.78, 5) is 42.3. The molecular formula is C15H16NO7P. The average Bonchev–Trinajstić information content (AvgIpc) is 2.44. The quantitative estimate of drug-likeness (QED) is 0.500. The van der Waals surface area contributed by atoms with Crippen molar-refractivity contribution in [1.29, 1.82) is 0 Å². The van der Waals surface area contributed by atoms with Gasteiger partial charge < -0.3 is 20.0 Å². The highest BCUT2D eigenvalue weighted by molar-refractivity contribution is 7.49. The van der Waals surface area contributed by atoms with E-state index in [1.807, 2.05) is 5.09 Å². The van der Waals surface area contributed by atoms with Crippen molar-refractivity contribution < 1.29 is 34.2 Å². The minimum atomic E-state index is -4.76. The molecule has 0 fully saturated rings. The Kier molecular flexibility index (Phi) is 4.94. The number of aliphatic hydroxyl groups is 1. The molecule has 0 saturated heterocycles. The van der Waals surface area contributed by atoms with Gasteiger partial charge in [0.15, 0.2) is 11.6 Å². The van der Waals surface area contributed by atoms with Gasteiger partial charge in [-0.3, -0.25) is 14.7 Å². The summed E-state index contributed by atoms with van der Waals surface area (Å²) in [6.07, 6.45) is 0.417. The topological polar surface area (TPSA) is 144 Å². The second-order valence-corrected chi connectivity index (χ2v) is 6.67. The highest BCUT2D eigenvalue weighted by atomic mass is 31.2. The van der Waals surface area contributed by atoms with E-state index in [-0.39, 0.29) is 17.0 Å². The third-order valence-electron chi connectivity index (χ3n) is 3.52. The van der Waals surface area contributed by atoms with Gasteiger partial charge in [-0.1, -0.05) is 19.1 Å². The third kappa shape index (κ3) is 4.11. The smallest absolute Gasteiger partial charge is 0.427 e. The number of benzene rings is 1. The van der Waals surface area contributed by atoms with E-state index < -0.39 is 37.4 Å². The van der Waals surface area contributed by atoms with Crippen molar-refractivity contribution in [3.05, 3.63) is 52.9 Å². The Hall–Kier alpha value is -2.41. The molecule has 9 heteroatoms. The lowest BCUT2D eigenvalue weighted by molar-refractivity contribution is -0.116. The number of phenolic OH excluding ortho intramolecular Hbond substituents is 1. The van der Waals surface area contributed by atoms with Crippen LogP contribution in [0.1, 0.15) is 24.8 Å². The van der Waals surface area contributed by atoms with Gasteiger partial charge in [0.05, 0.1) is 12.0 Å². The molecule has 5 N–H and O–H groups in total. The van der Waals surface area contributed by atoms with Crippen molar-refractivity contribution in [3.8, 4) is 5.75 Å². The van der Waals surface area contributed by atoms with E-state index >= 15 is 0 Å². The van der Waals surface area contributed by atoms with E-state index in [9.17, 15) is 24.4 Å². The molecule has 0 aromatic heterocycles. The zero-order chi connectivity index (χ0) is 18.1. The number of hydrogen-bond acceptors (Lipinski definition) is 5. The van der Waals surface area contributed by atoms with Crippen LogP contribution < -0.4 is 5.09 Å². The maximum atomic E-state index is 12.7. The molecule has 1 aromatic carbocycles. The van der Waals surface area contributed by atoms with Gasteiger partial charge in [0.25, 0.3) is 0 Å². The fourth-order valence-corrected chi connectivity index (χ4v) is 2.91. The van der Waals surface area contributed by atoms with Gasteiger partial charge >= 0.3 is 7.75 Å². The summed E-state index contributed by atoms with van der Waals surface area (Å²) >= 11 is 0. The Balaban J connectivity index is 2.43. The van der Waals surface area contributed by atoms with Crippen molar-refractivity contribution in [2.45, 2.75) is 19.3 Å². The normalized spacial score (nSPS) is 16.6.